The average Bonchev–Trinajstić information content (AvgIpc) is 2.94. The number of aromatic nitrogens is 2. The summed E-state index contributed by atoms with van der Waals surface area (Å²) in [6.45, 7) is 2.25. The minimum Gasteiger partial charge on any atom is -0.504 e. The smallest absolute Gasteiger partial charge is 0.161 e. The number of phenols is 1. The van der Waals surface area contributed by atoms with Crippen molar-refractivity contribution in [2.24, 2.45) is 0 Å². The molecule has 0 aliphatic carbocycles. The van der Waals surface area contributed by atoms with E-state index in [2.05, 4.69) is 11.2 Å². The summed E-state index contributed by atoms with van der Waals surface area (Å²) >= 11 is 0. The number of nitrogen functional groups attached to an aromatic ring is 1. The molecule has 0 fully saturated rings. The molecule has 0 saturated carbocycles. The van der Waals surface area contributed by atoms with Gasteiger partial charge in [0.1, 0.15) is 23.1 Å². The topological polar surface area (TPSA) is 97.1 Å². The second kappa shape index (κ2) is 6.34. The van der Waals surface area contributed by atoms with Crippen LogP contribution in [0.5, 0.6) is 11.5 Å². The summed E-state index contributed by atoms with van der Waals surface area (Å²) in [5, 5.41) is 23.8. The molecule has 120 valence electrons. The summed E-state index contributed by atoms with van der Waals surface area (Å²) in [6.07, 6.45) is 0. The van der Waals surface area contributed by atoms with Crippen LogP contribution >= 0.6 is 0 Å². The van der Waals surface area contributed by atoms with E-state index in [1.54, 1.807) is 12.1 Å². The highest BCUT2D eigenvalue weighted by Crippen LogP contribution is 2.34. The molecule has 6 nitrogen and oxygen atoms in total. The maximum Gasteiger partial charge on any atom is 0.161 e. The molecule has 0 atom stereocenters. The number of hydrogen-bond donors (Lipinski definition) is 2. The first-order valence-electron chi connectivity index (χ1n) is 7.46. The Bertz CT molecular complexity index is 911. The number of hydrogen-bond acceptors (Lipinski definition) is 5. The molecule has 0 bridgehead atoms. The van der Waals surface area contributed by atoms with Crippen molar-refractivity contribution in [3.63, 3.8) is 0 Å². The number of nitrogens with zero attached hydrogens (tertiary/aromatic N) is 3. The Balaban J connectivity index is 2.16. The fourth-order valence-corrected chi connectivity index (χ4v) is 2.44. The molecule has 1 heterocycles. The van der Waals surface area contributed by atoms with Gasteiger partial charge in [0.2, 0.25) is 0 Å². The Morgan fingerprint density at radius 3 is 2.67 bits per heavy atom. The van der Waals surface area contributed by atoms with Crippen molar-refractivity contribution in [1.82, 2.24) is 9.78 Å². The van der Waals surface area contributed by atoms with Gasteiger partial charge < -0.3 is 15.6 Å². The van der Waals surface area contributed by atoms with Gasteiger partial charge in [0.05, 0.1) is 12.3 Å². The van der Waals surface area contributed by atoms with Gasteiger partial charge in [0.15, 0.2) is 11.5 Å². The Kier molecular flexibility index (Phi) is 4.08. The van der Waals surface area contributed by atoms with Gasteiger partial charge in [-0.3, -0.25) is 0 Å². The Labute approximate surface area is 139 Å². The molecule has 0 radical (unpaired) electrons. The van der Waals surface area contributed by atoms with Gasteiger partial charge in [0, 0.05) is 5.56 Å². The summed E-state index contributed by atoms with van der Waals surface area (Å²) in [5.41, 5.74) is 8.25. The van der Waals surface area contributed by atoms with Crippen LogP contribution in [0.25, 0.3) is 16.9 Å². The van der Waals surface area contributed by atoms with Crippen LogP contribution in [0, 0.1) is 11.3 Å². The number of aromatic hydroxyl groups is 1. The fourth-order valence-electron chi connectivity index (χ4n) is 2.44. The van der Waals surface area contributed by atoms with Crippen molar-refractivity contribution in [2.45, 2.75) is 6.92 Å². The highest BCUT2D eigenvalue weighted by molar-refractivity contribution is 5.75. The van der Waals surface area contributed by atoms with Crippen LogP contribution in [0.2, 0.25) is 0 Å². The summed E-state index contributed by atoms with van der Waals surface area (Å²) < 4.78 is 6.92. The van der Waals surface area contributed by atoms with E-state index in [9.17, 15) is 10.4 Å². The Hall–Kier alpha value is -3.46. The molecule has 0 unspecified atom stereocenters. The van der Waals surface area contributed by atoms with Crippen molar-refractivity contribution in [2.75, 3.05) is 12.3 Å². The SMILES string of the molecule is CCOc1cc(-c2nn(-c3ccccc3)c(N)c2C#N)ccc1O. The molecule has 0 aliphatic rings. The van der Waals surface area contributed by atoms with E-state index >= 15 is 0 Å². The predicted molar refractivity (Wildman–Crippen MR) is 91.0 cm³/mol. The van der Waals surface area contributed by atoms with Crippen LogP contribution in [0.3, 0.4) is 0 Å². The van der Waals surface area contributed by atoms with E-state index in [0.717, 1.165) is 5.69 Å². The monoisotopic (exact) mass is 320 g/mol. The van der Waals surface area contributed by atoms with Crippen molar-refractivity contribution < 1.29 is 9.84 Å². The number of benzene rings is 2. The van der Waals surface area contributed by atoms with Crippen LogP contribution < -0.4 is 10.5 Å². The van der Waals surface area contributed by atoms with Crippen LogP contribution in [0.4, 0.5) is 5.82 Å². The molecule has 3 aromatic rings. The number of nitriles is 1. The number of rotatable bonds is 4. The van der Waals surface area contributed by atoms with Crippen molar-refractivity contribution in [1.29, 1.82) is 5.26 Å². The fraction of sp³-hybridized carbons (Fsp3) is 0.111. The molecule has 0 saturated heterocycles. The van der Waals surface area contributed by atoms with Crippen LogP contribution in [0.1, 0.15) is 12.5 Å². The lowest BCUT2D eigenvalue weighted by Gasteiger charge is -2.07. The lowest BCUT2D eigenvalue weighted by atomic mass is 10.1. The van der Waals surface area contributed by atoms with Crippen LogP contribution in [-0.4, -0.2) is 21.5 Å². The van der Waals surface area contributed by atoms with Gasteiger partial charge >= 0.3 is 0 Å². The number of para-hydroxylation sites is 1. The molecule has 2 aromatic carbocycles. The standard InChI is InChI=1S/C18H16N4O2/c1-2-24-16-10-12(8-9-15(16)23)17-14(11-19)18(20)22(21-17)13-6-4-3-5-7-13/h3-10,23H,2,20H2,1H3. The molecule has 1 aromatic heterocycles. The third-order valence-electron chi connectivity index (χ3n) is 3.57. The molecule has 6 heteroatoms. The number of anilines is 1. The first-order valence-corrected chi connectivity index (χ1v) is 7.46. The predicted octanol–water partition coefficient (Wildman–Crippen LogP) is 3.10. The Morgan fingerprint density at radius 1 is 1.25 bits per heavy atom. The van der Waals surface area contributed by atoms with E-state index in [0.29, 0.717) is 23.6 Å². The number of ether oxygens (including phenoxy) is 1. The maximum atomic E-state index is 9.84. The van der Waals surface area contributed by atoms with E-state index in [1.165, 1.54) is 10.7 Å². The minimum atomic E-state index is 0.0366. The third kappa shape index (κ3) is 2.63. The lowest BCUT2D eigenvalue weighted by Crippen LogP contribution is -2.01. The third-order valence-corrected chi connectivity index (χ3v) is 3.57. The zero-order chi connectivity index (χ0) is 17.1. The normalized spacial score (nSPS) is 10.3. The molecule has 0 amide bonds. The number of phenolic OH excluding ortho intramolecular Hbond substituents is 1. The van der Waals surface area contributed by atoms with Crippen molar-refractivity contribution in [3.05, 3.63) is 54.1 Å². The van der Waals surface area contributed by atoms with Crippen LogP contribution in [-0.2, 0) is 0 Å². The molecule has 24 heavy (non-hydrogen) atoms. The maximum absolute atomic E-state index is 9.84. The molecule has 0 spiro atoms. The molecule has 3 rings (SSSR count). The van der Waals surface area contributed by atoms with E-state index in [-0.39, 0.29) is 17.1 Å². The Morgan fingerprint density at radius 2 is 2.00 bits per heavy atom. The second-order valence-electron chi connectivity index (χ2n) is 5.08. The van der Waals surface area contributed by atoms with Gasteiger partial charge in [0.25, 0.3) is 0 Å². The highest BCUT2D eigenvalue weighted by Gasteiger charge is 2.19. The molecular weight excluding hydrogens is 304 g/mol. The van der Waals surface area contributed by atoms with E-state index in [1.807, 2.05) is 37.3 Å². The van der Waals surface area contributed by atoms with Gasteiger partial charge in [-0.2, -0.15) is 10.4 Å². The van der Waals surface area contributed by atoms with Crippen molar-refractivity contribution in [3.8, 4) is 34.5 Å². The van der Waals surface area contributed by atoms with Crippen LogP contribution in [0.15, 0.2) is 48.5 Å². The van der Waals surface area contributed by atoms with Gasteiger partial charge in [-0.25, -0.2) is 4.68 Å². The van der Waals surface area contributed by atoms with Gasteiger partial charge in [-0.15, -0.1) is 0 Å². The quantitative estimate of drug-likeness (QED) is 0.770. The summed E-state index contributed by atoms with van der Waals surface area (Å²) in [5.74, 6) is 0.644. The molecular formula is C18H16N4O2. The highest BCUT2D eigenvalue weighted by atomic mass is 16.5. The van der Waals surface area contributed by atoms with Gasteiger partial charge in [-0.1, -0.05) is 18.2 Å². The average molecular weight is 320 g/mol. The largest absolute Gasteiger partial charge is 0.504 e. The first kappa shape index (κ1) is 15.4. The van der Waals surface area contributed by atoms with E-state index in [4.69, 9.17) is 10.5 Å². The zero-order valence-corrected chi connectivity index (χ0v) is 13.1. The van der Waals surface area contributed by atoms with E-state index < -0.39 is 0 Å². The summed E-state index contributed by atoms with van der Waals surface area (Å²) in [6, 6.07) is 16.3. The van der Waals surface area contributed by atoms with Gasteiger partial charge in [-0.05, 0) is 37.3 Å². The number of nitrogens with two attached hydrogens (primary N) is 1. The summed E-state index contributed by atoms with van der Waals surface area (Å²) in [7, 11) is 0. The lowest BCUT2D eigenvalue weighted by molar-refractivity contribution is 0.318. The first-order chi connectivity index (χ1) is 11.7. The zero-order valence-electron chi connectivity index (χ0n) is 13.1. The molecule has 3 N–H and O–H groups in total. The molecule has 0 aliphatic heterocycles. The van der Waals surface area contributed by atoms with Crippen molar-refractivity contribution >= 4 is 5.82 Å². The second-order valence-corrected chi connectivity index (χ2v) is 5.08. The minimum absolute atomic E-state index is 0.0366. The summed E-state index contributed by atoms with van der Waals surface area (Å²) in [4.78, 5) is 0.